The second-order valence-corrected chi connectivity index (χ2v) is 15.7. The third-order valence-electron chi connectivity index (χ3n) is 11.7. The maximum absolute atomic E-state index is 2.35. The highest BCUT2D eigenvalue weighted by molar-refractivity contribution is 5.84. The van der Waals surface area contributed by atoms with Crippen LogP contribution in [0.15, 0.2) is 255 Å². The first kappa shape index (κ1) is 38.3. The lowest BCUT2D eigenvalue weighted by Gasteiger charge is -2.26. The third-order valence-corrected chi connectivity index (χ3v) is 11.7. The summed E-state index contributed by atoms with van der Waals surface area (Å²) in [6, 6.07) is 85.2. The van der Waals surface area contributed by atoms with Gasteiger partial charge in [-0.2, -0.15) is 0 Å². The molecule has 2 nitrogen and oxygen atoms in total. The first-order valence-corrected chi connectivity index (χ1v) is 21.5. The Balaban J connectivity index is 0.946. The van der Waals surface area contributed by atoms with Crippen molar-refractivity contribution < 1.29 is 0 Å². The minimum Gasteiger partial charge on any atom is -0.311 e. The van der Waals surface area contributed by atoms with E-state index in [9.17, 15) is 0 Å². The molecule has 0 atom stereocenters. The van der Waals surface area contributed by atoms with E-state index in [0.29, 0.717) is 0 Å². The molecule has 0 unspecified atom stereocenters. The van der Waals surface area contributed by atoms with E-state index in [1.54, 1.807) is 0 Å². The van der Waals surface area contributed by atoms with Crippen LogP contribution in [0.5, 0.6) is 0 Å². The highest BCUT2D eigenvalue weighted by Crippen LogP contribution is 2.40. The Morgan fingerprint density at radius 2 is 0.548 bits per heavy atom. The predicted octanol–water partition coefficient (Wildman–Crippen LogP) is 17.0. The summed E-state index contributed by atoms with van der Waals surface area (Å²) < 4.78 is 0. The molecule has 9 aromatic carbocycles. The van der Waals surface area contributed by atoms with Crippen LogP contribution in [-0.4, -0.2) is 0 Å². The van der Waals surface area contributed by atoms with Crippen LogP contribution in [0.4, 0.5) is 34.1 Å². The van der Waals surface area contributed by atoms with Crippen LogP contribution in [0, 0.1) is 0 Å². The summed E-state index contributed by atoms with van der Waals surface area (Å²) in [5.74, 6) is 0. The number of rotatable bonds is 11. The average Bonchev–Trinajstić information content (AvgIpc) is 3.36. The topological polar surface area (TPSA) is 6.48 Å². The SMILES string of the molecule is C1=CC(c2ccc(N(c3ccc(-c4ccc(N(c5ccccc5)c5ccc(-c6ccccc6)cc5)cc4)cc3)c3ccc(-c4cccc(-c5ccccc5)c4)cc3)cc2)=CCC1. The Labute approximate surface area is 365 Å². The number of hydrogen-bond acceptors (Lipinski definition) is 2. The van der Waals surface area contributed by atoms with E-state index in [1.807, 2.05) is 0 Å². The standard InChI is InChI=1S/C60H46N2/c1-5-14-45(15-6-1)48-24-34-56(35-25-48)61(55-22-11-4-12-23-55)57-38-28-50(29-39-57)51-30-40-59(41-31-51)62(58-36-26-49(27-37-58)46-16-7-2-8-17-46)60-42-32-52(33-43-60)54-21-13-20-53(44-54)47-18-9-3-10-19-47/h1,3-7,9-44H,2,8H2. The van der Waals surface area contributed by atoms with Gasteiger partial charge in [0.05, 0.1) is 0 Å². The zero-order valence-electron chi connectivity index (χ0n) is 34.6. The van der Waals surface area contributed by atoms with E-state index >= 15 is 0 Å². The van der Waals surface area contributed by atoms with Crippen LogP contribution < -0.4 is 9.80 Å². The van der Waals surface area contributed by atoms with Gasteiger partial charge in [-0.25, -0.2) is 0 Å². The van der Waals surface area contributed by atoms with Crippen molar-refractivity contribution in [3.05, 3.63) is 260 Å². The average molecular weight is 795 g/mol. The number of hydrogen-bond donors (Lipinski definition) is 0. The van der Waals surface area contributed by atoms with Gasteiger partial charge in [-0.1, -0.05) is 176 Å². The molecule has 1 aliphatic rings. The lowest BCUT2D eigenvalue weighted by atomic mass is 9.98. The van der Waals surface area contributed by atoms with Gasteiger partial charge < -0.3 is 9.80 Å². The molecule has 2 heteroatoms. The summed E-state index contributed by atoms with van der Waals surface area (Å²) in [6.07, 6.45) is 9.05. The van der Waals surface area contributed by atoms with Crippen LogP contribution >= 0.6 is 0 Å². The molecule has 0 heterocycles. The van der Waals surface area contributed by atoms with Gasteiger partial charge in [-0.3, -0.25) is 0 Å². The molecule has 0 radical (unpaired) electrons. The quantitative estimate of drug-likeness (QED) is 0.129. The minimum absolute atomic E-state index is 1.09. The summed E-state index contributed by atoms with van der Waals surface area (Å²) >= 11 is 0. The third kappa shape index (κ3) is 8.28. The smallest absolute Gasteiger partial charge is 0.0462 e. The van der Waals surface area contributed by atoms with Crippen molar-refractivity contribution in [2.45, 2.75) is 12.8 Å². The molecule has 0 amide bonds. The number of anilines is 6. The largest absolute Gasteiger partial charge is 0.311 e. The summed E-state index contributed by atoms with van der Waals surface area (Å²) in [5.41, 5.74) is 18.8. The molecule has 0 aliphatic heterocycles. The number of para-hydroxylation sites is 1. The molecule has 0 fully saturated rings. The van der Waals surface area contributed by atoms with Gasteiger partial charge in [0, 0.05) is 34.1 Å². The maximum Gasteiger partial charge on any atom is 0.0462 e. The van der Waals surface area contributed by atoms with E-state index in [4.69, 9.17) is 0 Å². The Kier molecular flexibility index (Phi) is 10.9. The van der Waals surface area contributed by atoms with Crippen LogP contribution in [-0.2, 0) is 0 Å². The molecular formula is C60H46N2. The van der Waals surface area contributed by atoms with Gasteiger partial charge in [0.1, 0.15) is 0 Å². The van der Waals surface area contributed by atoms with E-state index in [-0.39, 0.29) is 0 Å². The summed E-state index contributed by atoms with van der Waals surface area (Å²) in [5, 5.41) is 0. The molecule has 0 N–H and O–H groups in total. The molecule has 10 rings (SSSR count). The Morgan fingerprint density at radius 3 is 0.935 bits per heavy atom. The highest BCUT2D eigenvalue weighted by atomic mass is 15.1. The van der Waals surface area contributed by atoms with Crippen molar-refractivity contribution in [3.8, 4) is 44.5 Å². The fraction of sp³-hybridized carbons (Fsp3) is 0.0333. The molecule has 0 saturated carbocycles. The molecule has 62 heavy (non-hydrogen) atoms. The number of nitrogens with zero attached hydrogens (tertiary/aromatic N) is 2. The van der Waals surface area contributed by atoms with Crippen molar-refractivity contribution in [3.63, 3.8) is 0 Å². The first-order valence-electron chi connectivity index (χ1n) is 21.5. The van der Waals surface area contributed by atoms with E-state index in [2.05, 4.69) is 265 Å². The van der Waals surface area contributed by atoms with Crippen molar-refractivity contribution in [1.29, 1.82) is 0 Å². The molecule has 296 valence electrons. The van der Waals surface area contributed by atoms with Crippen molar-refractivity contribution >= 4 is 39.7 Å². The van der Waals surface area contributed by atoms with E-state index < -0.39 is 0 Å². The molecule has 0 spiro atoms. The van der Waals surface area contributed by atoms with Crippen molar-refractivity contribution in [1.82, 2.24) is 0 Å². The van der Waals surface area contributed by atoms with Crippen LogP contribution in [0.1, 0.15) is 18.4 Å². The Hall–Kier alpha value is -7.94. The summed E-state index contributed by atoms with van der Waals surface area (Å²) in [6.45, 7) is 0. The maximum atomic E-state index is 2.35. The second kappa shape index (κ2) is 17.7. The Morgan fingerprint density at radius 1 is 0.242 bits per heavy atom. The monoisotopic (exact) mass is 794 g/mol. The molecule has 0 saturated heterocycles. The van der Waals surface area contributed by atoms with Gasteiger partial charge in [-0.05, 0) is 147 Å². The van der Waals surface area contributed by atoms with Crippen molar-refractivity contribution in [2.75, 3.05) is 9.80 Å². The zero-order valence-corrected chi connectivity index (χ0v) is 34.6. The lowest BCUT2D eigenvalue weighted by Crippen LogP contribution is -2.10. The van der Waals surface area contributed by atoms with E-state index in [1.165, 1.54) is 55.6 Å². The number of benzene rings is 9. The number of allylic oxidation sites excluding steroid dienone is 4. The fourth-order valence-electron chi connectivity index (χ4n) is 8.45. The molecule has 9 aromatic rings. The van der Waals surface area contributed by atoms with E-state index in [0.717, 1.165) is 47.0 Å². The lowest BCUT2D eigenvalue weighted by molar-refractivity contribution is 1.04. The second-order valence-electron chi connectivity index (χ2n) is 15.7. The van der Waals surface area contributed by atoms with Gasteiger partial charge in [0.15, 0.2) is 0 Å². The van der Waals surface area contributed by atoms with Gasteiger partial charge >= 0.3 is 0 Å². The normalized spacial score (nSPS) is 12.1. The fourth-order valence-corrected chi connectivity index (χ4v) is 8.45. The summed E-state index contributed by atoms with van der Waals surface area (Å²) in [7, 11) is 0. The summed E-state index contributed by atoms with van der Waals surface area (Å²) in [4.78, 5) is 4.67. The van der Waals surface area contributed by atoms with Crippen LogP contribution in [0.3, 0.4) is 0 Å². The zero-order chi connectivity index (χ0) is 41.5. The van der Waals surface area contributed by atoms with Crippen LogP contribution in [0.2, 0.25) is 0 Å². The minimum atomic E-state index is 1.09. The van der Waals surface area contributed by atoms with Crippen molar-refractivity contribution in [2.24, 2.45) is 0 Å². The molecule has 0 aromatic heterocycles. The van der Waals surface area contributed by atoms with Gasteiger partial charge in [0.25, 0.3) is 0 Å². The molecular weight excluding hydrogens is 749 g/mol. The first-order chi connectivity index (χ1) is 30.7. The molecule has 1 aliphatic carbocycles. The predicted molar refractivity (Wildman–Crippen MR) is 264 cm³/mol. The van der Waals surface area contributed by atoms with Gasteiger partial charge in [-0.15, -0.1) is 0 Å². The van der Waals surface area contributed by atoms with Gasteiger partial charge in [0.2, 0.25) is 0 Å². The Bertz CT molecular complexity index is 2930. The molecule has 0 bridgehead atoms. The van der Waals surface area contributed by atoms with Crippen LogP contribution in [0.25, 0.3) is 50.1 Å². The highest BCUT2D eigenvalue weighted by Gasteiger charge is 2.16.